The largest absolute Gasteiger partial charge is 0.327 e. The molecule has 0 spiro atoms. The summed E-state index contributed by atoms with van der Waals surface area (Å²) in [6.07, 6.45) is 3.97. The number of piperidine rings is 1. The van der Waals surface area contributed by atoms with Gasteiger partial charge >= 0.3 is 0 Å². The molecule has 2 aliphatic rings. The summed E-state index contributed by atoms with van der Waals surface area (Å²) in [7, 11) is 0. The molecule has 3 heteroatoms. The second kappa shape index (κ2) is 4.67. The van der Waals surface area contributed by atoms with E-state index in [1.165, 1.54) is 43.9 Å². The van der Waals surface area contributed by atoms with Crippen LogP contribution in [0.2, 0.25) is 0 Å². The van der Waals surface area contributed by atoms with Gasteiger partial charge in [0, 0.05) is 19.1 Å². The van der Waals surface area contributed by atoms with Crippen LogP contribution < -0.4 is 5.73 Å². The van der Waals surface area contributed by atoms with Crippen LogP contribution in [-0.2, 0) is 0 Å². The second-order valence-electron chi connectivity index (χ2n) is 4.39. The van der Waals surface area contributed by atoms with Crippen LogP contribution in [0.4, 0.5) is 0 Å². The number of rotatable bonds is 2. The SMILES string of the molecule is NC1CCCN(CC2CCSC2)C1. The summed E-state index contributed by atoms with van der Waals surface area (Å²) in [6, 6.07) is 0.447. The third kappa shape index (κ3) is 2.86. The molecule has 2 fully saturated rings. The van der Waals surface area contributed by atoms with Gasteiger partial charge < -0.3 is 10.6 Å². The van der Waals surface area contributed by atoms with Crippen molar-refractivity contribution in [2.75, 3.05) is 31.1 Å². The lowest BCUT2D eigenvalue weighted by Gasteiger charge is -2.32. The first kappa shape index (κ1) is 9.81. The monoisotopic (exact) mass is 200 g/mol. The molecule has 0 aliphatic carbocycles. The van der Waals surface area contributed by atoms with Crippen LogP contribution in [0.3, 0.4) is 0 Å². The quantitative estimate of drug-likeness (QED) is 0.725. The van der Waals surface area contributed by atoms with Gasteiger partial charge in [0.1, 0.15) is 0 Å². The number of hydrogen-bond acceptors (Lipinski definition) is 3. The van der Waals surface area contributed by atoms with E-state index in [2.05, 4.69) is 16.7 Å². The number of nitrogens with two attached hydrogens (primary N) is 1. The van der Waals surface area contributed by atoms with Gasteiger partial charge in [0.05, 0.1) is 0 Å². The first-order valence-electron chi connectivity index (χ1n) is 5.40. The van der Waals surface area contributed by atoms with Crippen molar-refractivity contribution in [2.45, 2.75) is 25.3 Å². The maximum Gasteiger partial charge on any atom is 0.0168 e. The highest BCUT2D eigenvalue weighted by Gasteiger charge is 2.22. The molecular weight excluding hydrogens is 180 g/mol. The maximum atomic E-state index is 5.95. The molecule has 2 saturated heterocycles. The van der Waals surface area contributed by atoms with Gasteiger partial charge in [-0.1, -0.05) is 0 Å². The van der Waals surface area contributed by atoms with E-state index in [9.17, 15) is 0 Å². The summed E-state index contributed by atoms with van der Waals surface area (Å²) in [5.41, 5.74) is 5.95. The van der Waals surface area contributed by atoms with E-state index in [0.717, 1.165) is 12.5 Å². The smallest absolute Gasteiger partial charge is 0.0168 e. The highest BCUT2D eigenvalue weighted by Crippen LogP contribution is 2.24. The van der Waals surface area contributed by atoms with Crippen LogP contribution in [0, 0.1) is 5.92 Å². The fraction of sp³-hybridized carbons (Fsp3) is 1.00. The molecule has 0 amide bonds. The van der Waals surface area contributed by atoms with Crippen molar-refractivity contribution in [3.63, 3.8) is 0 Å². The molecular formula is C10H20N2S. The Kier molecular flexibility index (Phi) is 3.52. The Morgan fingerprint density at radius 3 is 3.00 bits per heavy atom. The third-order valence-corrected chi connectivity index (χ3v) is 4.31. The zero-order chi connectivity index (χ0) is 9.10. The molecule has 0 aromatic carbocycles. The van der Waals surface area contributed by atoms with Crippen LogP contribution in [0.25, 0.3) is 0 Å². The van der Waals surface area contributed by atoms with E-state index in [4.69, 9.17) is 5.73 Å². The van der Waals surface area contributed by atoms with Gasteiger partial charge in [-0.05, 0) is 43.2 Å². The van der Waals surface area contributed by atoms with Crippen molar-refractivity contribution < 1.29 is 0 Å². The molecule has 2 aliphatic heterocycles. The highest BCUT2D eigenvalue weighted by molar-refractivity contribution is 7.99. The van der Waals surface area contributed by atoms with Crippen LogP contribution in [0.5, 0.6) is 0 Å². The molecule has 2 unspecified atom stereocenters. The van der Waals surface area contributed by atoms with E-state index in [-0.39, 0.29) is 0 Å². The summed E-state index contributed by atoms with van der Waals surface area (Å²) in [4.78, 5) is 2.57. The number of nitrogens with zero attached hydrogens (tertiary/aromatic N) is 1. The fourth-order valence-corrected chi connectivity index (χ4v) is 3.62. The molecule has 13 heavy (non-hydrogen) atoms. The van der Waals surface area contributed by atoms with Crippen LogP contribution >= 0.6 is 11.8 Å². The minimum absolute atomic E-state index is 0.447. The molecule has 2 heterocycles. The summed E-state index contributed by atoms with van der Waals surface area (Å²) in [6.45, 7) is 3.73. The lowest BCUT2D eigenvalue weighted by molar-refractivity contribution is 0.186. The summed E-state index contributed by atoms with van der Waals surface area (Å²) in [5, 5.41) is 0. The van der Waals surface area contributed by atoms with E-state index in [1.807, 2.05) is 0 Å². The predicted molar refractivity (Wildman–Crippen MR) is 59.1 cm³/mol. The molecule has 0 bridgehead atoms. The molecule has 2 rings (SSSR count). The lowest BCUT2D eigenvalue weighted by atomic mass is 10.0. The van der Waals surface area contributed by atoms with Gasteiger partial charge in [-0.15, -0.1) is 0 Å². The van der Waals surface area contributed by atoms with Crippen molar-refractivity contribution in [1.29, 1.82) is 0 Å². The molecule has 76 valence electrons. The first-order valence-corrected chi connectivity index (χ1v) is 6.56. The van der Waals surface area contributed by atoms with Gasteiger partial charge in [-0.25, -0.2) is 0 Å². The minimum atomic E-state index is 0.447. The van der Waals surface area contributed by atoms with Crippen LogP contribution in [0.15, 0.2) is 0 Å². The topological polar surface area (TPSA) is 29.3 Å². The molecule has 0 saturated carbocycles. The zero-order valence-corrected chi connectivity index (χ0v) is 9.06. The Morgan fingerprint density at radius 2 is 2.31 bits per heavy atom. The maximum absolute atomic E-state index is 5.95. The second-order valence-corrected chi connectivity index (χ2v) is 5.54. The zero-order valence-electron chi connectivity index (χ0n) is 8.24. The Bertz CT molecular complexity index is 157. The van der Waals surface area contributed by atoms with Gasteiger partial charge in [-0.2, -0.15) is 11.8 Å². The standard InChI is InChI=1S/C10H20N2S/c11-10-2-1-4-12(7-10)6-9-3-5-13-8-9/h9-10H,1-8,11H2. The average Bonchev–Trinajstić information content (AvgIpc) is 2.57. The van der Waals surface area contributed by atoms with E-state index < -0.39 is 0 Å². The van der Waals surface area contributed by atoms with Crippen molar-refractivity contribution in [2.24, 2.45) is 11.7 Å². The Hall–Kier alpha value is 0.270. The average molecular weight is 200 g/mol. The molecule has 2 nitrogen and oxygen atoms in total. The number of likely N-dealkylation sites (tertiary alicyclic amines) is 1. The van der Waals surface area contributed by atoms with Gasteiger partial charge in [0.2, 0.25) is 0 Å². The highest BCUT2D eigenvalue weighted by atomic mass is 32.2. The van der Waals surface area contributed by atoms with E-state index in [1.54, 1.807) is 0 Å². The Labute approximate surface area is 85.2 Å². The van der Waals surface area contributed by atoms with Crippen molar-refractivity contribution in [1.82, 2.24) is 4.90 Å². The van der Waals surface area contributed by atoms with E-state index in [0.29, 0.717) is 6.04 Å². The van der Waals surface area contributed by atoms with Crippen LogP contribution in [0.1, 0.15) is 19.3 Å². The Balaban J connectivity index is 1.73. The minimum Gasteiger partial charge on any atom is -0.327 e. The van der Waals surface area contributed by atoms with Gasteiger partial charge in [0.15, 0.2) is 0 Å². The first-order chi connectivity index (χ1) is 6.34. The predicted octanol–water partition coefficient (Wildman–Crippen LogP) is 1.16. The van der Waals surface area contributed by atoms with Gasteiger partial charge in [0.25, 0.3) is 0 Å². The molecule has 0 radical (unpaired) electrons. The normalized spacial score (nSPS) is 36.7. The molecule has 0 aromatic heterocycles. The van der Waals surface area contributed by atoms with Crippen LogP contribution in [-0.4, -0.2) is 42.1 Å². The van der Waals surface area contributed by atoms with Crippen molar-refractivity contribution in [3.05, 3.63) is 0 Å². The molecule has 2 atom stereocenters. The van der Waals surface area contributed by atoms with Crippen molar-refractivity contribution >= 4 is 11.8 Å². The van der Waals surface area contributed by atoms with Gasteiger partial charge in [-0.3, -0.25) is 0 Å². The molecule has 0 aromatic rings. The number of thioether (sulfide) groups is 1. The summed E-state index contributed by atoms with van der Waals surface area (Å²) in [5.74, 6) is 3.71. The Morgan fingerprint density at radius 1 is 1.38 bits per heavy atom. The van der Waals surface area contributed by atoms with Crippen molar-refractivity contribution in [3.8, 4) is 0 Å². The van der Waals surface area contributed by atoms with E-state index >= 15 is 0 Å². The summed E-state index contributed by atoms with van der Waals surface area (Å²) >= 11 is 2.11. The summed E-state index contributed by atoms with van der Waals surface area (Å²) < 4.78 is 0. The fourth-order valence-electron chi connectivity index (χ4n) is 2.35. The molecule has 2 N–H and O–H groups in total. The lowest BCUT2D eigenvalue weighted by Crippen LogP contribution is -2.44. The number of hydrogen-bond donors (Lipinski definition) is 1. The third-order valence-electron chi connectivity index (χ3n) is 3.08.